The number of hydrogen-bond donors (Lipinski definition) is 1. The predicted molar refractivity (Wildman–Crippen MR) is 221 cm³/mol. The van der Waals surface area contributed by atoms with Crippen LogP contribution in [0.4, 0.5) is 0 Å². The topological polar surface area (TPSA) is 20.7 Å². The zero-order valence-corrected chi connectivity index (χ0v) is 30.6. The molecule has 2 aromatic heterocycles. The second kappa shape index (κ2) is 11.2. The molecule has 0 saturated heterocycles. The summed E-state index contributed by atoms with van der Waals surface area (Å²) in [5.74, 6) is 0. The molecular weight excluding hydrogens is 617 g/mol. The van der Waals surface area contributed by atoms with Gasteiger partial charge in [-0.25, -0.2) is 0 Å². The summed E-state index contributed by atoms with van der Waals surface area (Å²) in [6.45, 7) is 15.6. The smallest absolute Gasteiger partial charge is 0.0959 e. The van der Waals surface area contributed by atoms with Crippen LogP contribution in [0.15, 0.2) is 121 Å². The van der Waals surface area contributed by atoms with Crippen molar-refractivity contribution in [3.8, 4) is 0 Å². The lowest BCUT2D eigenvalue weighted by molar-refractivity contribution is 0.465. The Morgan fingerprint density at radius 1 is 0.510 bits per heavy atom. The molecule has 2 nitrogen and oxygen atoms in total. The number of nitrogens with zero attached hydrogens (tertiary/aromatic N) is 1. The summed E-state index contributed by atoms with van der Waals surface area (Å²) in [6, 6.07) is 44.3. The Morgan fingerprint density at radius 3 is 1.78 bits per heavy atom. The number of aromatic nitrogens is 2. The number of para-hydroxylation sites is 2. The molecule has 1 N–H and O–H groups in total. The minimum absolute atomic E-state index is 0.0689. The number of nitrogens with one attached hydrogen (secondary N) is 1. The van der Waals surface area contributed by atoms with Gasteiger partial charge < -0.3 is 9.55 Å². The van der Waals surface area contributed by atoms with E-state index in [2.05, 4.69) is 178 Å². The molecule has 0 fully saturated rings. The van der Waals surface area contributed by atoms with Crippen molar-refractivity contribution < 1.29 is 0 Å². The first-order valence-electron chi connectivity index (χ1n) is 18.5. The Kier molecular flexibility index (Phi) is 6.89. The van der Waals surface area contributed by atoms with E-state index in [1.165, 1.54) is 99.3 Å². The van der Waals surface area contributed by atoms with Crippen LogP contribution in [-0.4, -0.2) is 9.55 Å². The molecule has 3 aliphatic rings. The Labute approximate surface area is 300 Å². The molecule has 2 aliphatic carbocycles. The lowest BCUT2D eigenvalue weighted by Crippen LogP contribution is -2.41. The van der Waals surface area contributed by atoms with E-state index in [0.29, 0.717) is 0 Å². The lowest BCUT2D eigenvalue weighted by atomic mass is 9.74. The largest absolute Gasteiger partial charge is 0.354 e. The average Bonchev–Trinajstić information content (AvgIpc) is 3.65. The lowest BCUT2D eigenvalue weighted by Gasteiger charge is -2.44. The van der Waals surface area contributed by atoms with Gasteiger partial charge in [0.15, 0.2) is 0 Å². The van der Waals surface area contributed by atoms with E-state index in [9.17, 15) is 0 Å². The highest BCUT2D eigenvalue weighted by Crippen LogP contribution is 2.56. The Balaban J connectivity index is 0.000000130. The molecule has 0 saturated carbocycles. The van der Waals surface area contributed by atoms with E-state index in [1.807, 2.05) is 13.8 Å². The maximum Gasteiger partial charge on any atom is 0.0959 e. The van der Waals surface area contributed by atoms with Gasteiger partial charge in [-0.1, -0.05) is 149 Å². The SMILES string of the molecule is CC.CC1=Cc2ccccc2C(C)(C)c2c1ccc1c2[nH]c2ccccc21.CC1=Cc2ccccc2C2(C)c3c1ccc1c4ccccc4n2c31. The Bertz CT molecular complexity index is 2780. The van der Waals surface area contributed by atoms with Gasteiger partial charge in [0, 0.05) is 38.0 Å². The fourth-order valence-corrected chi connectivity index (χ4v) is 9.57. The maximum atomic E-state index is 3.71. The summed E-state index contributed by atoms with van der Waals surface area (Å²) in [7, 11) is 0. The van der Waals surface area contributed by atoms with Crippen molar-refractivity contribution in [2.24, 2.45) is 0 Å². The minimum Gasteiger partial charge on any atom is -0.354 e. The van der Waals surface area contributed by atoms with Gasteiger partial charge in [-0.3, -0.25) is 0 Å². The molecular formula is C49H44N2. The maximum absolute atomic E-state index is 3.71. The summed E-state index contributed by atoms with van der Waals surface area (Å²) in [6.07, 6.45) is 4.68. The molecule has 3 heterocycles. The number of benzene rings is 6. The van der Waals surface area contributed by atoms with Crippen molar-refractivity contribution >= 4 is 66.9 Å². The fraction of sp³-hybridized carbons (Fsp3) is 0.184. The zero-order valence-electron chi connectivity index (χ0n) is 30.6. The van der Waals surface area contributed by atoms with Crippen LogP contribution < -0.4 is 0 Å². The molecule has 0 spiro atoms. The molecule has 0 bridgehead atoms. The second-order valence-corrected chi connectivity index (χ2v) is 14.8. The minimum atomic E-state index is -0.0852. The van der Waals surface area contributed by atoms with Gasteiger partial charge in [-0.2, -0.15) is 0 Å². The Morgan fingerprint density at radius 2 is 1.06 bits per heavy atom. The van der Waals surface area contributed by atoms with Crippen molar-refractivity contribution in [1.29, 1.82) is 0 Å². The van der Waals surface area contributed by atoms with Crippen LogP contribution >= 0.6 is 0 Å². The molecule has 1 unspecified atom stereocenters. The molecule has 11 rings (SSSR count). The molecule has 0 amide bonds. The Hall–Kier alpha value is -5.60. The zero-order chi connectivity index (χ0) is 35.2. The highest BCUT2D eigenvalue weighted by atomic mass is 15.1. The van der Waals surface area contributed by atoms with Crippen LogP contribution in [0, 0.1) is 0 Å². The summed E-state index contributed by atoms with van der Waals surface area (Å²) in [5.41, 5.74) is 18.9. The first-order valence-corrected chi connectivity index (χ1v) is 18.5. The highest BCUT2D eigenvalue weighted by Gasteiger charge is 2.47. The standard InChI is InChI=1S/C24H21N.C23H17N.C2H6/c1-15-14-16-8-4-6-10-20(16)24(2,3)22-17(15)12-13-19-18-9-5-7-11-21(18)25-23(19)22;1-14-13-15-7-3-5-9-19(15)23(2)21-16(14)11-12-18-17-8-4-6-10-20(17)24(23)22(18)21;1-2/h4-14,25H,1-3H3;3-13H,1-2H3;1-2H3. The van der Waals surface area contributed by atoms with Crippen LogP contribution in [0.25, 0.3) is 66.9 Å². The first kappa shape index (κ1) is 31.4. The second-order valence-electron chi connectivity index (χ2n) is 14.8. The van der Waals surface area contributed by atoms with Gasteiger partial charge in [-0.05, 0) is 83.0 Å². The van der Waals surface area contributed by atoms with E-state index < -0.39 is 0 Å². The summed E-state index contributed by atoms with van der Waals surface area (Å²) >= 11 is 0. The quantitative estimate of drug-likeness (QED) is 0.167. The monoisotopic (exact) mass is 660 g/mol. The summed E-state index contributed by atoms with van der Waals surface area (Å²) < 4.78 is 2.56. The van der Waals surface area contributed by atoms with Gasteiger partial charge in [0.1, 0.15) is 0 Å². The highest BCUT2D eigenvalue weighted by molar-refractivity contribution is 6.15. The molecule has 51 heavy (non-hydrogen) atoms. The third-order valence-corrected chi connectivity index (χ3v) is 11.8. The fourth-order valence-electron chi connectivity index (χ4n) is 9.57. The van der Waals surface area contributed by atoms with Crippen LogP contribution in [-0.2, 0) is 11.0 Å². The van der Waals surface area contributed by atoms with Crippen molar-refractivity contribution in [3.63, 3.8) is 0 Å². The molecule has 0 radical (unpaired) electrons. The van der Waals surface area contributed by atoms with Gasteiger partial charge in [0.2, 0.25) is 0 Å². The van der Waals surface area contributed by atoms with Crippen molar-refractivity contribution in [2.75, 3.05) is 0 Å². The third kappa shape index (κ3) is 4.17. The van der Waals surface area contributed by atoms with Crippen LogP contribution in [0.5, 0.6) is 0 Å². The number of hydrogen-bond acceptors (Lipinski definition) is 0. The molecule has 1 atom stereocenters. The molecule has 250 valence electrons. The number of allylic oxidation sites excluding steroid dienone is 2. The van der Waals surface area contributed by atoms with E-state index in [-0.39, 0.29) is 11.0 Å². The molecule has 8 aromatic rings. The van der Waals surface area contributed by atoms with Crippen molar-refractivity contribution in [2.45, 2.75) is 59.4 Å². The van der Waals surface area contributed by atoms with Crippen molar-refractivity contribution in [3.05, 3.63) is 166 Å². The average molecular weight is 661 g/mol. The number of fused-ring (bicyclic) bond motifs is 12. The van der Waals surface area contributed by atoms with Crippen LogP contribution in [0.1, 0.15) is 93.0 Å². The van der Waals surface area contributed by atoms with Crippen molar-refractivity contribution in [1.82, 2.24) is 9.55 Å². The predicted octanol–water partition coefficient (Wildman–Crippen LogP) is 13.3. The molecule has 1 aliphatic heterocycles. The van der Waals surface area contributed by atoms with Gasteiger partial charge in [-0.15, -0.1) is 0 Å². The van der Waals surface area contributed by atoms with Crippen LogP contribution in [0.3, 0.4) is 0 Å². The van der Waals surface area contributed by atoms with Gasteiger partial charge in [0.05, 0.1) is 22.1 Å². The third-order valence-electron chi connectivity index (χ3n) is 11.8. The summed E-state index contributed by atoms with van der Waals surface area (Å²) in [5, 5.41) is 5.36. The van der Waals surface area contributed by atoms with E-state index in [4.69, 9.17) is 0 Å². The normalized spacial score (nSPS) is 17.4. The van der Waals surface area contributed by atoms with E-state index in [0.717, 1.165) is 0 Å². The van der Waals surface area contributed by atoms with Crippen LogP contribution in [0.2, 0.25) is 0 Å². The van der Waals surface area contributed by atoms with E-state index in [1.54, 1.807) is 0 Å². The van der Waals surface area contributed by atoms with Gasteiger partial charge in [0.25, 0.3) is 0 Å². The summed E-state index contributed by atoms with van der Waals surface area (Å²) in [4.78, 5) is 3.71. The number of H-pyrrole nitrogens is 1. The number of aromatic amines is 1. The molecule has 2 heteroatoms. The first-order chi connectivity index (χ1) is 24.8. The van der Waals surface area contributed by atoms with E-state index >= 15 is 0 Å². The molecule has 6 aromatic carbocycles. The van der Waals surface area contributed by atoms with Gasteiger partial charge >= 0.3 is 0 Å². The number of rotatable bonds is 0.